The number of hydrogen-bond donors (Lipinski definition) is 0. The first kappa shape index (κ1) is 12.2. The lowest BCUT2D eigenvalue weighted by Crippen LogP contribution is -2.17. The first-order chi connectivity index (χ1) is 8.34. The number of carbonyl (C=O) groups is 1. The molecule has 0 N–H and O–H groups in total. The van der Waals surface area contributed by atoms with E-state index in [2.05, 4.69) is 0 Å². The standard InChI is InChI=1S/C15H20O2/c16-14(11-13-7-3-1-4-8-13)12-17-15-9-5-2-6-10-15/h2,5-6,9-10,13H,1,3-4,7-8,11-12H2. The first-order valence-corrected chi connectivity index (χ1v) is 6.54. The third-order valence-corrected chi connectivity index (χ3v) is 3.38. The summed E-state index contributed by atoms with van der Waals surface area (Å²) in [6, 6.07) is 9.54. The molecule has 0 bridgehead atoms. The van der Waals surface area contributed by atoms with Crippen molar-refractivity contribution in [3.63, 3.8) is 0 Å². The van der Waals surface area contributed by atoms with E-state index in [0.717, 1.165) is 5.75 Å². The number of rotatable bonds is 5. The second kappa shape index (κ2) is 6.43. The van der Waals surface area contributed by atoms with E-state index < -0.39 is 0 Å². The molecule has 0 spiro atoms. The number of benzene rings is 1. The molecule has 17 heavy (non-hydrogen) atoms. The van der Waals surface area contributed by atoms with Gasteiger partial charge in [0.25, 0.3) is 0 Å². The number of Topliss-reactive ketones (excluding diaryl/α,β-unsaturated/α-hetero) is 1. The van der Waals surface area contributed by atoms with Crippen LogP contribution in [0.3, 0.4) is 0 Å². The summed E-state index contributed by atoms with van der Waals surface area (Å²) in [6.45, 7) is 0.223. The van der Waals surface area contributed by atoms with Crippen molar-refractivity contribution < 1.29 is 9.53 Å². The van der Waals surface area contributed by atoms with Crippen LogP contribution in [0.4, 0.5) is 0 Å². The summed E-state index contributed by atoms with van der Waals surface area (Å²) in [5, 5.41) is 0. The molecule has 2 nitrogen and oxygen atoms in total. The Morgan fingerprint density at radius 1 is 1.12 bits per heavy atom. The number of ether oxygens (including phenoxy) is 1. The molecule has 92 valence electrons. The van der Waals surface area contributed by atoms with Crippen LogP contribution in [-0.2, 0) is 4.79 Å². The highest BCUT2D eigenvalue weighted by atomic mass is 16.5. The van der Waals surface area contributed by atoms with Gasteiger partial charge >= 0.3 is 0 Å². The Bertz CT molecular complexity index is 339. The maximum absolute atomic E-state index is 11.8. The second-order valence-corrected chi connectivity index (χ2v) is 4.85. The fourth-order valence-corrected chi connectivity index (χ4v) is 2.45. The van der Waals surface area contributed by atoms with E-state index in [4.69, 9.17) is 4.74 Å². The van der Waals surface area contributed by atoms with Crippen LogP contribution in [0, 0.1) is 5.92 Å². The van der Waals surface area contributed by atoms with Crippen LogP contribution in [0.2, 0.25) is 0 Å². The normalized spacial score (nSPS) is 16.7. The summed E-state index contributed by atoms with van der Waals surface area (Å²) in [5.74, 6) is 1.63. The predicted octanol–water partition coefficient (Wildman–Crippen LogP) is 3.60. The molecule has 1 aromatic rings. The average Bonchev–Trinajstić information content (AvgIpc) is 2.39. The highest BCUT2D eigenvalue weighted by molar-refractivity contribution is 5.80. The first-order valence-electron chi connectivity index (χ1n) is 6.54. The Kier molecular flexibility index (Phi) is 4.60. The van der Waals surface area contributed by atoms with Gasteiger partial charge in [-0.25, -0.2) is 0 Å². The van der Waals surface area contributed by atoms with Gasteiger partial charge in [0.2, 0.25) is 0 Å². The van der Waals surface area contributed by atoms with Crippen molar-refractivity contribution in [1.82, 2.24) is 0 Å². The molecule has 2 rings (SSSR count). The van der Waals surface area contributed by atoms with E-state index in [-0.39, 0.29) is 12.4 Å². The Morgan fingerprint density at radius 3 is 2.53 bits per heavy atom. The fourth-order valence-electron chi connectivity index (χ4n) is 2.45. The maximum Gasteiger partial charge on any atom is 0.170 e. The van der Waals surface area contributed by atoms with Gasteiger partial charge in [0.15, 0.2) is 5.78 Å². The van der Waals surface area contributed by atoms with Gasteiger partial charge in [-0.1, -0.05) is 50.3 Å². The third-order valence-electron chi connectivity index (χ3n) is 3.38. The molecule has 1 aromatic carbocycles. The molecule has 1 aliphatic rings. The SMILES string of the molecule is O=C(COc1ccccc1)CC1CCCCC1. The quantitative estimate of drug-likeness (QED) is 0.775. The molecule has 1 aliphatic carbocycles. The van der Waals surface area contributed by atoms with E-state index in [9.17, 15) is 4.79 Å². The van der Waals surface area contributed by atoms with E-state index >= 15 is 0 Å². The van der Waals surface area contributed by atoms with Gasteiger partial charge in [-0.2, -0.15) is 0 Å². The van der Waals surface area contributed by atoms with Crippen molar-refractivity contribution in [2.75, 3.05) is 6.61 Å². The van der Waals surface area contributed by atoms with Crippen molar-refractivity contribution in [3.8, 4) is 5.75 Å². The summed E-state index contributed by atoms with van der Waals surface area (Å²) in [5.41, 5.74) is 0. The van der Waals surface area contributed by atoms with Crippen molar-refractivity contribution in [2.24, 2.45) is 5.92 Å². The zero-order valence-corrected chi connectivity index (χ0v) is 10.2. The molecule has 0 heterocycles. The van der Waals surface area contributed by atoms with Crippen molar-refractivity contribution in [1.29, 1.82) is 0 Å². The van der Waals surface area contributed by atoms with Gasteiger partial charge < -0.3 is 4.74 Å². The van der Waals surface area contributed by atoms with Crippen LogP contribution in [-0.4, -0.2) is 12.4 Å². The van der Waals surface area contributed by atoms with Crippen molar-refractivity contribution in [2.45, 2.75) is 38.5 Å². The molecular formula is C15H20O2. The minimum absolute atomic E-state index is 0.223. The number of ketones is 1. The van der Waals surface area contributed by atoms with Gasteiger partial charge in [0, 0.05) is 6.42 Å². The molecule has 0 radical (unpaired) electrons. The lowest BCUT2D eigenvalue weighted by Gasteiger charge is -2.20. The Morgan fingerprint density at radius 2 is 1.82 bits per heavy atom. The van der Waals surface area contributed by atoms with Crippen LogP contribution in [0.25, 0.3) is 0 Å². The second-order valence-electron chi connectivity index (χ2n) is 4.85. The van der Waals surface area contributed by atoms with E-state index in [0.29, 0.717) is 12.3 Å². The monoisotopic (exact) mass is 232 g/mol. The largest absolute Gasteiger partial charge is 0.486 e. The smallest absolute Gasteiger partial charge is 0.170 e. The van der Waals surface area contributed by atoms with Gasteiger partial charge in [0.1, 0.15) is 12.4 Å². The van der Waals surface area contributed by atoms with Gasteiger partial charge in [0.05, 0.1) is 0 Å². The van der Waals surface area contributed by atoms with Crippen LogP contribution >= 0.6 is 0 Å². The number of para-hydroxylation sites is 1. The summed E-state index contributed by atoms with van der Waals surface area (Å²) < 4.78 is 5.46. The molecule has 0 saturated heterocycles. The van der Waals surface area contributed by atoms with Crippen LogP contribution in [0.15, 0.2) is 30.3 Å². The van der Waals surface area contributed by atoms with E-state index in [1.165, 1.54) is 32.1 Å². The fraction of sp³-hybridized carbons (Fsp3) is 0.533. The molecule has 0 aromatic heterocycles. The maximum atomic E-state index is 11.8. The lowest BCUT2D eigenvalue weighted by molar-refractivity contribution is -0.122. The van der Waals surface area contributed by atoms with Crippen LogP contribution in [0.1, 0.15) is 38.5 Å². The average molecular weight is 232 g/mol. The number of carbonyl (C=O) groups excluding carboxylic acids is 1. The molecular weight excluding hydrogens is 212 g/mol. The van der Waals surface area contributed by atoms with Crippen molar-refractivity contribution >= 4 is 5.78 Å². The summed E-state index contributed by atoms with van der Waals surface area (Å²) in [7, 11) is 0. The zero-order chi connectivity index (χ0) is 11.9. The van der Waals surface area contributed by atoms with E-state index in [1.54, 1.807) is 0 Å². The predicted molar refractivity (Wildman–Crippen MR) is 68.1 cm³/mol. The van der Waals surface area contributed by atoms with Crippen LogP contribution in [0.5, 0.6) is 5.75 Å². The van der Waals surface area contributed by atoms with Crippen LogP contribution < -0.4 is 4.74 Å². The number of hydrogen-bond acceptors (Lipinski definition) is 2. The summed E-state index contributed by atoms with van der Waals surface area (Å²) in [4.78, 5) is 11.8. The third kappa shape index (κ3) is 4.22. The molecule has 0 atom stereocenters. The van der Waals surface area contributed by atoms with Gasteiger partial charge in [-0.05, 0) is 18.1 Å². The zero-order valence-electron chi connectivity index (χ0n) is 10.2. The minimum atomic E-state index is 0.223. The molecule has 0 amide bonds. The lowest BCUT2D eigenvalue weighted by atomic mass is 9.86. The molecule has 1 saturated carbocycles. The molecule has 0 unspecified atom stereocenters. The summed E-state index contributed by atoms with van der Waals surface area (Å²) >= 11 is 0. The van der Waals surface area contributed by atoms with Crippen molar-refractivity contribution in [3.05, 3.63) is 30.3 Å². The topological polar surface area (TPSA) is 26.3 Å². The minimum Gasteiger partial charge on any atom is -0.486 e. The summed E-state index contributed by atoms with van der Waals surface area (Å²) in [6.07, 6.45) is 7.06. The Hall–Kier alpha value is -1.31. The van der Waals surface area contributed by atoms with Gasteiger partial charge in [-0.15, -0.1) is 0 Å². The highest BCUT2D eigenvalue weighted by Crippen LogP contribution is 2.26. The Balaban J connectivity index is 1.70. The van der Waals surface area contributed by atoms with Gasteiger partial charge in [-0.3, -0.25) is 4.79 Å². The Labute approximate surface area is 103 Å². The highest BCUT2D eigenvalue weighted by Gasteiger charge is 2.17. The molecule has 0 aliphatic heterocycles. The van der Waals surface area contributed by atoms with E-state index in [1.807, 2.05) is 30.3 Å². The molecule has 1 fully saturated rings. The molecule has 2 heteroatoms.